The Labute approximate surface area is 135 Å². The summed E-state index contributed by atoms with van der Waals surface area (Å²) in [5.41, 5.74) is 2.10. The Morgan fingerprint density at radius 2 is 2.04 bits per heavy atom. The van der Waals surface area contributed by atoms with Crippen molar-refractivity contribution in [1.29, 1.82) is 5.26 Å². The number of nitrogens with zero attached hydrogens (tertiary/aromatic N) is 3. The van der Waals surface area contributed by atoms with Crippen LogP contribution in [0.15, 0.2) is 48.7 Å². The van der Waals surface area contributed by atoms with Gasteiger partial charge < -0.3 is 10.2 Å². The summed E-state index contributed by atoms with van der Waals surface area (Å²) < 4.78 is 0. The van der Waals surface area contributed by atoms with Crippen LogP contribution in [0, 0.1) is 17.4 Å². The molecule has 1 fully saturated rings. The number of benzene rings is 1. The van der Waals surface area contributed by atoms with E-state index in [0.717, 1.165) is 30.5 Å². The minimum absolute atomic E-state index is 0.0649. The average molecular weight is 306 g/mol. The molecule has 1 aliphatic rings. The van der Waals surface area contributed by atoms with Crippen molar-refractivity contribution in [2.24, 2.45) is 5.92 Å². The van der Waals surface area contributed by atoms with E-state index >= 15 is 0 Å². The topological polar surface area (TPSA) is 69.0 Å². The Bertz CT molecular complexity index is 706. The summed E-state index contributed by atoms with van der Waals surface area (Å²) in [5.74, 6) is 0.327. The van der Waals surface area contributed by atoms with E-state index < -0.39 is 0 Å². The molecule has 0 bridgehead atoms. The van der Waals surface area contributed by atoms with Gasteiger partial charge in [0, 0.05) is 24.8 Å². The van der Waals surface area contributed by atoms with Crippen LogP contribution in [0.5, 0.6) is 0 Å². The van der Waals surface area contributed by atoms with Gasteiger partial charge in [0.25, 0.3) is 0 Å². The van der Waals surface area contributed by atoms with E-state index in [1.165, 1.54) is 0 Å². The van der Waals surface area contributed by atoms with Gasteiger partial charge in [-0.15, -0.1) is 0 Å². The van der Waals surface area contributed by atoms with Gasteiger partial charge in [0.2, 0.25) is 5.91 Å². The molecule has 1 atom stereocenters. The molecular weight excluding hydrogens is 288 g/mol. The van der Waals surface area contributed by atoms with Crippen LogP contribution in [0.1, 0.15) is 12.8 Å². The molecule has 0 spiro atoms. The van der Waals surface area contributed by atoms with Crippen molar-refractivity contribution >= 4 is 11.7 Å². The molecule has 1 N–H and O–H groups in total. The largest absolute Gasteiger partial charge is 0.310 e. The van der Waals surface area contributed by atoms with E-state index in [9.17, 15) is 4.79 Å². The van der Waals surface area contributed by atoms with Gasteiger partial charge in [-0.25, -0.2) is 4.98 Å². The zero-order valence-corrected chi connectivity index (χ0v) is 12.8. The second kappa shape index (κ2) is 6.93. The molecule has 116 valence electrons. The maximum absolute atomic E-state index is 12.3. The fourth-order valence-electron chi connectivity index (χ4n) is 2.78. The molecule has 1 saturated heterocycles. The molecule has 5 nitrogen and oxygen atoms in total. The third-order valence-corrected chi connectivity index (χ3v) is 4.06. The molecule has 5 heteroatoms. The second-order valence-corrected chi connectivity index (χ2v) is 5.67. The number of nitrogens with one attached hydrogen (secondary N) is 1. The lowest BCUT2D eigenvalue weighted by Crippen LogP contribution is -2.38. The van der Waals surface area contributed by atoms with E-state index in [2.05, 4.69) is 16.5 Å². The van der Waals surface area contributed by atoms with Crippen LogP contribution < -0.4 is 5.32 Å². The Balaban J connectivity index is 1.64. The van der Waals surface area contributed by atoms with Crippen LogP contribution in [-0.4, -0.2) is 28.9 Å². The summed E-state index contributed by atoms with van der Waals surface area (Å²) in [7, 11) is 0. The molecule has 0 aliphatic carbocycles. The van der Waals surface area contributed by atoms with Crippen molar-refractivity contribution in [3.8, 4) is 17.3 Å². The summed E-state index contributed by atoms with van der Waals surface area (Å²) >= 11 is 0. The van der Waals surface area contributed by atoms with Gasteiger partial charge in [0.1, 0.15) is 5.82 Å². The molecular formula is C18H18N4O. The van der Waals surface area contributed by atoms with E-state index in [4.69, 9.17) is 5.26 Å². The van der Waals surface area contributed by atoms with Gasteiger partial charge in [0.05, 0.1) is 5.92 Å². The lowest BCUT2D eigenvalue weighted by molar-refractivity contribution is -0.121. The van der Waals surface area contributed by atoms with Crippen molar-refractivity contribution in [2.75, 3.05) is 18.4 Å². The van der Waals surface area contributed by atoms with Crippen LogP contribution in [-0.2, 0) is 4.79 Å². The minimum atomic E-state index is -0.154. The molecule has 2 heterocycles. The Morgan fingerprint density at radius 1 is 1.22 bits per heavy atom. The first-order valence-corrected chi connectivity index (χ1v) is 7.73. The quantitative estimate of drug-likeness (QED) is 0.885. The molecule has 1 amide bonds. The summed E-state index contributed by atoms with van der Waals surface area (Å²) in [6, 6.07) is 13.7. The maximum Gasteiger partial charge on any atom is 0.230 e. The predicted octanol–water partition coefficient (Wildman–Crippen LogP) is 2.88. The number of piperidine rings is 1. The molecule has 1 unspecified atom stereocenters. The van der Waals surface area contributed by atoms with Crippen LogP contribution in [0.2, 0.25) is 0 Å². The summed E-state index contributed by atoms with van der Waals surface area (Å²) in [5, 5.41) is 11.8. The first-order valence-electron chi connectivity index (χ1n) is 7.73. The van der Waals surface area contributed by atoms with E-state index in [-0.39, 0.29) is 11.8 Å². The zero-order chi connectivity index (χ0) is 16.1. The van der Waals surface area contributed by atoms with Gasteiger partial charge >= 0.3 is 0 Å². The number of likely N-dealkylation sites (tertiary alicyclic amines) is 1. The molecule has 3 rings (SSSR count). The van der Waals surface area contributed by atoms with Gasteiger partial charge in [0.15, 0.2) is 6.19 Å². The molecule has 2 aromatic rings. The number of nitriles is 1. The normalized spacial score (nSPS) is 17.3. The van der Waals surface area contributed by atoms with Crippen LogP contribution in [0.25, 0.3) is 11.1 Å². The lowest BCUT2D eigenvalue weighted by Gasteiger charge is -2.27. The van der Waals surface area contributed by atoms with Crippen molar-refractivity contribution in [3.63, 3.8) is 0 Å². The first-order chi connectivity index (χ1) is 11.3. The SMILES string of the molecule is N#CN1CCCC(C(=O)Nc2ccc(-c3ccccc3)cn2)C1. The van der Waals surface area contributed by atoms with Crippen LogP contribution in [0.3, 0.4) is 0 Å². The number of carbonyl (C=O) groups excluding carboxylic acids is 1. The smallest absolute Gasteiger partial charge is 0.230 e. The highest BCUT2D eigenvalue weighted by Gasteiger charge is 2.25. The van der Waals surface area contributed by atoms with Crippen molar-refractivity contribution in [3.05, 3.63) is 48.7 Å². The van der Waals surface area contributed by atoms with Crippen molar-refractivity contribution in [1.82, 2.24) is 9.88 Å². The third kappa shape index (κ3) is 3.67. The Morgan fingerprint density at radius 3 is 2.74 bits per heavy atom. The highest BCUT2D eigenvalue weighted by atomic mass is 16.2. The number of aromatic nitrogens is 1. The summed E-state index contributed by atoms with van der Waals surface area (Å²) in [4.78, 5) is 18.3. The summed E-state index contributed by atoms with van der Waals surface area (Å²) in [6.45, 7) is 1.23. The second-order valence-electron chi connectivity index (χ2n) is 5.67. The number of hydrogen-bond donors (Lipinski definition) is 1. The third-order valence-electron chi connectivity index (χ3n) is 4.06. The van der Waals surface area contributed by atoms with E-state index in [1.54, 1.807) is 11.1 Å². The summed E-state index contributed by atoms with van der Waals surface area (Å²) in [6.07, 6.45) is 5.55. The molecule has 0 radical (unpaired) electrons. The highest BCUT2D eigenvalue weighted by molar-refractivity contribution is 5.92. The highest BCUT2D eigenvalue weighted by Crippen LogP contribution is 2.20. The number of carbonyl (C=O) groups is 1. The van der Waals surface area contributed by atoms with Crippen molar-refractivity contribution in [2.45, 2.75) is 12.8 Å². The van der Waals surface area contributed by atoms with Gasteiger partial charge in [-0.05, 0) is 30.5 Å². The Hall–Kier alpha value is -2.87. The average Bonchev–Trinajstić information content (AvgIpc) is 2.63. The molecule has 1 aliphatic heterocycles. The van der Waals surface area contributed by atoms with Crippen LogP contribution in [0.4, 0.5) is 5.82 Å². The monoisotopic (exact) mass is 306 g/mol. The van der Waals surface area contributed by atoms with Gasteiger partial charge in [-0.1, -0.05) is 30.3 Å². The fourth-order valence-corrected chi connectivity index (χ4v) is 2.78. The number of amides is 1. The van der Waals surface area contributed by atoms with Gasteiger partial charge in [-0.2, -0.15) is 5.26 Å². The number of anilines is 1. The molecule has 23 heavy (non-hydrogen) atoms. The van der Waals surface area contributed by atoms with E-state index in [0.29, 0.717) is 12.4 Å². The van der Waals surface area contributed by atoms with Crippen LogP contribution >= 0.6 is 0 Å². The van der Waals surface area contributed by atoms with E-state index in [1.807, 2.05) is 42.5 Å². The Kier molecular flexibility index (Phi) is 4.53. The molecule has 0 saturated carbocycles. The molecule has 1 aromatic heterocycles. The molecule has 1 aromatic carbocycles. The number of hydrogen-bond acceptors (Lipinski definition) is 4. The number of pyridine rings is 1. The minimum Gasteiger partial charge on any atom is -0.310 e. The first kappa shape index (κ1) is 15.0. The van der Waals surface area contributed by atoms with Gasteiger partial charge in [-0.3, -0.25) is 4.79 Å². The predicted molar refractivity (Wildman–Crippen MR) is 88.2 cm³/mol. The zero-order valence-electron chi connectivity index (χ0n) is 12.8. The number of rotatable bonds is 3. The maximum atomic E-state index is 12.3. The van der Waals surface area contributed by atoms with Crippen molar-refractivity contribution < 1.29 is 4.79 Å². The fraction of sp³-hybridized carbons (Fsp3) is 0.278. The lowest BCUT2D eigenvalue weighted by atomic mass is 9.97. The standard InChI is InChI=1S/C18H18N4O/c19-13-22-10-4-7-16(12-22)18(23)21-17-9-8-15(11-20-17)14-5-2-1-3-6-14/h1-3,5-6,8-9,11,16H,4,7,10,12H2,(H,20,21,23).